The molecule has 0 spiro atoms. The molecular weight excluding hydrogens is 204 g/mol. The largest absolute Gasteiger partial charge is 0.490 e. The van der Waals surface area contributed by atoms with Crippen molar-refractivity contribution in [1.82, 2.24) is 0 Å². The quantitative estimate of drug-likeness (QED) is 0.824. The lowest BCUT2D eigenvalue weighted by molar-refractivity contribution is 0.0282. The molecule has 2 N–H and O–H groups in total. The van der Waals surface area contributed by atoms with E-state index < -0.39 is 11.7 Å². The van der Waals surface area contributed by atoms with E-state index in [0.29, 0.717) is 0 Å². The predicted octanol–water partition coefficient (Wildman–Crippen LogP) is 2.20. The van der Waals surface area contributed by atoms with Crippen LogP contribution in [0.4, 0.5) is 0 Å². The predicted molar refractivity (Wildman–Crippen MR) is 63.6 cm³/mol. The van der Waals surface area contributed by atoms with Crippen molar-refractivity contribution in [3.05, 3.63) is 29.3 Å². The van der Waals surface area contributed by atoms with E-state index in [1.165, 1.54) is 0 Å². The molecule has 0 aliphatic rings. The smallest absolute Gasteiger partial charge is 0.122 e. The molecule has 0 aliphatic carbocycles. The molecule has 1 aromatic rings. The zero-order valence-corrected chi connectivity index (χ0v) is 10.3. The van der Waals surface area contributed by atoms with Gasteiger partial charge in [0.05, 0.1) is 11.7 Å². The van der Waals surface area contributed by atoms with Gasteiger partial charge in [-0.1, -0.05) is 6.07 Å². The first-order chi connectivity index (χ1) is 7.29. The Morgan fingerprint density at radius 3 is 2.44 bits per heavy atom. The Hall–Kier alpha value is -1.06. The van der Waals surface area contributed by atoms with Gasteiger partial charge in [-0.25, -0.2) is 0 Å². The minimum atomic E-state index is -0.838. The third-order valence-corrected chi connectivity index (χ3v) is 2.26. The van der Waals surface area contributed by atoms with Gasteiger partial charge in [-0.2, -0.15) is 0 Å². The molecule has 0 unspecified atom stereocenters. The zero-order chi connectivity index (χ0) is 12.3. The summed E-state index contributed by atoms with van der Waals surface area (Å²) in [6, 6.07) is 5.55. The van der Waals surface area contributed by atoms with E-state index in [-0.39, 0.29) is 6.61 Å². The van der Waals surface area contributed by atoms with Crippen LogP contribution >= 0.6 is 0 Å². The summed E-state index contributed by atoms with van der Waals surface area (Å²) in [5, 5.41) is 19.0. The lowest BCUT2D eigenvalue weighted by Gasteiger charge is -2.19. The van der Waals surface area contributed by atoms with Gasteiger partial charge >= 0.3 is 0 Å². The van der Waals surface area contributed by atoms with Crippen molar-refractivity contribution >= 4 is 0 Å². The van der Waals surface area contributed by atoms with E-state index >= 15 is 0 Å². The van der Waals surface area contributed by atoms with E-state index in [0.717, 1.165) is 16.9 Å². The number of hydrogen-bond donors (Lipinski definition) is 2. The summed E-state index contributed by atoms with van der Waals surface area (Å²) in [7, 11) is 0. The van der Waals surface area contributed by atoms with Crippen molar-refractivity contribution in [3.63, 3.8) is 0 Å². The van der Waals surface area contributed by atoms with Crippen LogP contribution in [0.25, 0.3) is 0 Å². The molecule has 0 aliphatic heterocycles. The number of hydrogen-bond acceptors (Lipinski definition) is 3. The number of aliphatic hydroxyl groups excluding tert-OH is 1. The summed E-state index contributed by atoms with van der Waals surface area (Å²) in [5.41, 5.74) is 0.991. The van der Waals surface area contributed by atoms with Crippen molar-refractivity contribution < 1.29 is 14.9 Å². The molecule has 0 saturated heterocycles. The van der Waals surface area contributed by atoms with Gasteiger partial charge < -0.3 is 14.9 Å². The molecule has 16 heavy (non-hydrogen) atoms. The van der Waals surface area contributed by atoms with Crippen LogP contribution in [0.5, 0.6) is 5.75 Å². The Morgan fingerprint density at radius 1 is 1.38 bits per heavy atom. The Labute approximate surface area is 96.7 Å². The van der Waals surface area contributed by atoms with Crippen LogP contribution in [-0.2, 0) is 0 Å². The highest BCUT2D eigenvalue weighted by Gasteiger charge is 2.14. The molecule has 0 bridgehead atoms. The van der Waals surface area contributed by atoms with E-state index in [4.69, 9.17) is 4.74 Å². The van der Waals surface area contributed by atoms with Gasteiger partial charge in [0.25, 0.3) is 0 Å². The van der Waals surface area contributed by atoms with Crippen LogP contribution in [0.1, 0.15) is 38.0 Å². The van der Waals surface area contributed by atoms with Crippen LogP contribution in [0.2, 0.25) is 0 Å². The van der Waals surface area contributed by atoms with E-state index in [9.17, 15) is 10.2 Å². The van der Waals surface area contributed by atoms with Gasteiger partial charge in [0, 0.05) is 0 Å². The Balaban J connectivity index is 2.76. The van der Waals surface area contributed by atoms with Gasteiger partial charge in [0.15, 0.2) is 0 Å². The molecule has 0 saturated carbocycles. The van der Waals surface area contributed by atoms with E-state index in [2.05, 4.69) is 0 Å². The molecule has 0 amide bonds. The van der Waals surface area contributed by atoms with Crippen LogP contribution in [-0.4, -0.2) is 22.4 Å². The third-order valence-electron chi connectivity index (χ3n) is 2.26. The summed E-state index contributed by atoms with van der Waals surface area (Å²) in [6.07, 6.45) is -0.470. The monoisotopic (exact) mass is 224 g/mol. The summed E-state index contributed by atoms with van der Waals surface area (Å²) < 4.78 is 5.50. The average molecular weight is 224 g/mol. The normalized spacial score (nSPS) is 13.6. The maximum atomic E-state index is 9.55. The second-order valence-corrected chi connectivity index (χ2v) is 4.80. The van der Waals surface area contributed by atoms with Crippen LogP contribution in [0.15, 0.2) is 18.2 Å². The summed E-state index contributed by atoms with van der Waals surface area (Å²) in [5.74, 6) is 0.742. The van der Waals surface area contributed by atoms with Crippen molar-refractivity contribution in [2.45, 2.75) is 39.4 Å². The number of aryl methyl sites for hydroxylation is 1. The topological polar surface area (TPSA) is 49.7 Å². The zero-order valence-electron chi connectivity index (χ0n) is 10.3. The van der Waals surface area contributed by atoms with Crippen LogP contribution < -0.4 is 4.74 Å². The minimum absolute atomic E-state index is 0.252. The van der Waals surface area contributed by atoms with E-state index in [1.54, 1.807) is 20.8 Å². The molecule has 3 nitrogen and oxygen atoms in total. The summed E-state index contributed by atoms with van der Waals surface area (Å²) >= 11 is 0. The molecule has 3 heteroatoms. The highest BCUT2D eigenvalue weighted by Crippen LogP contribution is 2.23. The number of rotatable bonds is 4. The fourth-order valence-electron chi connectivity index (χ4n) is 1.35. The van der Waals surface area contributed by atoms with Crippen molar-refractivity contribution in [2.24, 2.45) is 0 Å². The molecule has 1 rings (SSSR count). The van der Waals surface area contributed by atoms with Gasteiger partial charge in [-0.15, -0.1) is 0 Å². The number of benzene rings is 1. The molecule has 1 aromatic carbocycles. The number of aliphatic hydroxyl groups is 2. The molecular formula is C13H20O3. The maximum Gasteiger partial charge on any atom is 0.122 e. The summed E-state index contributed by atoms with van der Waals surface area (Å²) in [6.45, 7) is 7.30. The highest BCUT2D eigenvalue weighted by atomic mass is 16.5. The van der Waals surface area contributed by atoms with Gasteiger partial charge in [0.2, 0.25) is 0 Å². The fraction of sp³-hybridized carbons (Fsp3) is 0.538. The second kappa shape index (κ2) is 4.85. The fourth-order valence-corrected chi connectivity index (χ4v) is 1.35. The first-order valence-electron chi connectivity index (χ1n) is 5.43. The molecule has 1 atom stereocenters. The minimum Gasteiger partial charge on any atom is -0.490 e. The Kier molecular flexibility index (Phi) is 3.94. The number of ether oxygens (including phenoxy) is 1. The maximum absolute atomic E-state index is 9.55. The van der Waals surface area contributed by atoms with Crippen LogP contribution in [0.3, 0.4) is 0 Å². The summed E-state index contributed by atoms with van der Waals surface area (Å²) in [4.78, 5) is 0. The lowest BCUT2D eigenvalue weighted by Crippen LogP contribution is -2.28. The first-order valence-corrected chi connectivity index (χ1v) is 5.43. The first kappa shape index (κ1) is 13.0. The molecule has 90 valence electrons. The van der Waals surface area contributed by atoms with E-state index in [1.807, 2.05) is 25.1 Å². The molecule has 0 heterocycles. The van der Waals surface area contributed by atoms with Crippen molar-refractivity contribution in [1.29, 1.82) is 0 Å². The Bertz CT molecular complexity index is 351. The van der Waals surface area contributed by atoms with Gasteiger partial charge in [-0.05, 0) is 51.0 Å². The highest BCUT2D eigenvalue weighted by molar-refractivity contribution is 5.36. The molecule has 0 aromatic heterocycles. The molecule has 0 radical (unpaired) electrons. The van der Waals surface area contributed by atoms with Crippen molar-refractivity contribution in [2.75, 3.05) is 6.61 Å². The lowest BCUT2D eigenvalue weighted by atomic mass is 10.1. The SMILES string of the molecule is Cc1cc([C@@H](C)O)ccc1OCC(C)(C)O. The second-order valence-electron chi connectivity index (χ2n) is 4.80. The van der Waals surface area contributed by atoms with Crippen LogP contribution in [0, 0.1) is 6.92 Å². The third kappa shape index (κ3) is 3.83. The van der Waals surface area contributed by atoms with Gasteiger partial charge in [0.1, 0.15) is 12.4 Å². The average Bonchev–Trinajstić information content (AvgIpc) is 2.14. The standard InChI is InChI=1S/C13H20O3/c1-9-7-11(10(2)14)5-6-12(9)16-8-13(3,4)15/h5-7,10,14-15H,8H2,1-4H3/t10-/m1/s1. The van der Waals surface area contributed by atoms with Gasteiger partial charge in [-0.3, -0.25) is 0 Å². The molecule has 0 fully saturated rings. The Morgan fingerprint density at radius 2 is 2.00 bits per heavy atom. The van der Waals surface area contributed by atoms with Crippen molar-refractivity contribution in [3.8, 4) is 5.75 Å².